The molecule has 2 aromatic rings. The molecule has 138 valence electrons. The van der Waals surface area contributed by atoms with Gasteiger partial charge >= 0.3 is 0 Å². The molecule has 26 heavy (non-hydrogen) atoms. The highest BCUT2D eigenvalue weighted by molar-refractivity contribution is 5.93. The molecule has 1 amide bonds. The third kappa shape index (κ3) is 4.30. The number of rotatable bonds is 7. The van der Waals surface area contributed by atoms with Crippen molar-refractivity contribution in [1.82, 2.24) is 21.9 Å². The third-order valence-electron chi connectivity index (χ3n) is 4.23. The Morgan fingerprint density at radius 2 is 1.81 bits per heavy atom. The average Bonchev–Trinajstić information content (AvgIpc) is 3.21. The van der Waals surface area contributed by atoms with Crippen molar-refractivity contribution in [3.8, 4) is 11.5 Å². The van der Waals surface area contributed by atoms with Crippen LogP contribution < -0.4 is 36.7 Å². The van der Waals surface area contributed by atoms with Crippen LogP contribution in [0.4, 0.5) is 5.69 Å². The molecule has 1 heterocycles. The van der Waals surface area contributed by atoms with Crippen molar-refractivity contribution in [2.24, 2.45) is 5.92 Å². The summed E-state index contributed by atoms with van der Waals surface area (Å²) in [5, 5.41) is 2.96. The lowest BCUT2D eigenvalue weighted by Gasteiger charge is -2.23. The normalized spacial score (nSPS) is 15.5. The fraction of sp³-hybridized carbons (Fsp3) is 0.278. The molecule has 8 heteroatoms. The summed E-state index contributed by atoms with van der Waals surface area (Å²) < 4.78 is 10.8. The van der Waals surface area contributed by atoms with Crippen LogP contribution in [0.15, 0.2) is 48.5 Å². The molecule has 2 aromatic carbocycles. The molecule has 0 aliphatic carbocycles. The summed E-state index contributed by atoms with van der Waals surface area (Å²) in [5.41, 5.74) is 13.2. The first-order chi connectivity index (χ1) is 12.7. The summed E-state index contributed by atoms with van der Waals surface area (Å²) >= 11 is 0. The Kier molecular flexibility index (Phi) is 6.03. The van der Waals surface area contributed by atoms with Gasteiger partial charge in [-0.1, -0.05) is 18.2 Å². The number of nitrogens with one attached hydrogen (secondary N) is 5. The van der Waals surface area contributed by atoms with Crippen molar-refractivity contribution >= 4 is 11.6 Å². The lowest BCUT2D eigenvalue weighted by Crippen LogP contribution is -2.47. The lowest BCUT2D eigenvalue weighted by atomic mass is 9.94. The van der Waals surface area contributed by atoms with Crippen LogP contribution in [0.25, 0.3) is 0 Å². The Morgan fingerprint density at radius 1 is 1.08 bits per heavy atom. The number of hydrogen-bond donors (Lipinski definition) is 5. The molecule has 0 radical (unpaired) electrons. The van der Waals surface area contributed by atoms with Gasteiger partial charge in [-0.25, -0.2) is 10.9 Å². The summed E-state index contributed by atoms with van der Waals surface area (Å²) in [6.07, 6.45) is 0.141. The van der Waals surface area contributed by atoms with E-state index in [0.29, 0.717) is 17.9 Å². The molecule has 1 aliphatic heterocycles. The number of hydrazine groups is 3. The standard InChI is InChI=1S/C18H23N5O3/c1-25-14-8-9-16(26-2)12(10-14)11-15(17-20-22-23-21-17)18(24)19-13-6-4-3-5-7-13/h3-10,15,17,20-23H,11H2,1-2H3,(H,19,24). The minimum absolute atomic E-state index is 0.114. The molecule has 8 nitrogen and oxygen atoms in total. The fourth-order valence-electron chi connectivity index (χ4n) is 2.86. The van der Waals surface area contributed by atoms with Gasteiger partial charge in [0.05, 0.1) is 26.3 Å². The Bertz CT molecular complexity index is 735. The Labute approximate surface area is 152 Å². The Hall–Kier alpha value is -2.65. The highest BCUT2D eigenvalue weighted by Gasteiger charge is 2.31. The zero-order valence-corrected chi connectivity index (χ0v) is 14.7. The van der Waals surface area contributed by atoms with Crippen LogP contribution in [0.2, 0.25) is 0 Å². The number of amides is 1. The predicted octanol–water partition coefficient (Wildman–Crippen LogP) is 0.944. The van der Waals surface area contributed by atoms with E-state index in [9.17, 15) is 4.79 Å². The van der Waals surface area contributed by atoms with E-state index in [1.165, 1.54) is 0 Å². The van der Waals surface area contributed by atoms with Crippen molar-refractivity contribution < 1.29 is 14.3 Å². The molecule has 1 aliphatic rings. The van der Waals surface area contributed by atoms with Crippen LogP contribution in [-0.4, -0.2) is 26.3 Å². The molecule has 3 rings (SSSR count). The molecule has 1 fully saturated rings. The minimum Gasteiger partial charge on any atom is -0.497 e. The summed E-state index contributed by atoms with van der Waals surface area (Å²) in [5.74, 6) is 0.893. The van der Waals surface area contributed by atoms with Gasteiger partial charge in [0.2, 0.25) is 5.91 Å². The summed E-state index contributed by atoms with van der Waals surface area (Å²) in [6, 6.07) is 14.9. The molecule has 1 unspecified atom stereocenters. The summed E-state index contributed by atoms with van der Waals surface area (Å²) in [7, 11) is 3.22. The molecular formula is C18H23N5O3. The predicted molar refractivity (Wildman–Crippen MR) is 98.1 cm³/mol. The van der Waals surface area contributed by atoms with Gasteiger partial charge in [0, 0.05) is 5.69 Å². The van der Waals surface area contributed by atoms with Crippen molar-refractivity contribution in [2.45, 2.75) is 12.6 Å². The van der Waals surface area contributed by atoms with Crippen molar-refractivity contribution in [1.29, 1.82) is 0 Å². The van der Waals surface area contributed by atoms with Crippen molar-refractivity contribution in [3.63, 3.8) is 0 Å². The maximum atomic E-state index is 12.9. The topological polar surface area (TPSA) is 95.7 Å². The van der Waals surface area contributed by atoms with Gasteiger partial charge < -0.3 is 14.8 Å². The second kappa shape index (κ2) is 8.63. The largest absolute Gasteiger partial charge is 0.497 e. The first-order valence-corrected chi connectivity index (χ1v) is 8.29. The number of carbonyl (C=O) groups excluding carboxylic acids is 1. The van der Waals surface area contributed by atoms with Crippen LogP contribution >= 0.6 is 0 Å². The Balaban J connectivity index is 1.83. The van der Waals surface area contributed by atoms with Crippen molar-refractivity contribution in [3.05, 3.63) is 54.1 Å². The number of para-hydroxylation sites is 1. The lowest BCUT2D eigenvalue weighted by molar-refractivity contribution is -0.120. The fourth-order valence-corrected chi connectivity index (χ4v) is 2.86. The SMILES string of the molecule is COc1ccc(OC)c(CC(C(=O)Nc2ccccc2)C2NNNN2)c1. The van der Waals surface area contributed by atoms with Gasteiger partial charge in [-0.15, -0.1) is 0 Å². The monoisotopic (exact) mass is 357 g/mol. The molecular weight excluding hydrogens is 334 g/mol. The van der Waals surface area contributed by atoms with Crippen LogP contribution in [0, 0.1) is 5.92 Å². The third-order valence-corrected chi connectivity index (χ3v) is 4.23. The summed E-state index contributed by atoms with van der Waals surface area (Å²) in [6.45, 7) is 0. The number of methoxy groups -OCH3 is 2. The zero-order chi connectivity index (χ0) is 18.4. The second-order valence-corrected chi connectivity index (χ2v) is 5.86. The van der Waals surface area contributed by atoms with Gasteiger partial charge in [0.15, 0.2) is 0 Å². The minimum atomic E-state index is -0.418. The second-order valence-electron chi connectivity index (χ2n) is 5.86. The van der Waals surface area contributed by atoms with Crippen LogP contribution in [0.1, 0.15) is 5.56 Å². The van der Waals surface area contributed by atoms with E-state index in [-0.39, 0.29) is 12.1 Å². The number of hydrogen-bond acceptors (Lipinski definition) is 7. The maximum Gasteiger partial charge on any atom is 0.230 e. The molecule has 0 spiro atoms. The van der Waals surface area contributed by atoms with Crippen LogP contribution in [-0.2, 0) is 11.2 Å². The molecule has 1 saturated heterocycles. The maximum absolute atomic E-state index is 12.9. The van der Waals surface area contributed by atoms with Gasteiger partial charge in [-0.2, -0.15) is 11.1 Å². The zero-order valence-electron chi connectivity index (χ0n) is 14.7. The highest BCUT2D eigenvalue weighted by atomic mass is 16.5. The van der Waals surface area contributed by atoms with Gasteiger partial charge in [0.25, 0.3) is 0 Å². The molecule has 5 N–H and O–H groups in total. The molecule has 0 saturated carbocycles. The highest BCUT2D eigenvalue weighted by Crippen LogP contribution is 2.27. The van der Waals surface area contributed by atoms with Crippen molar-refractivity contribution in [2.75, 3.05) is 19.5 Å². The number of anilines is 1. The van der Waals surface area contributed by atoms with E-state index in [4.69, 9.17) is 9.47 Å². The van der Waals surface area contributed by atoms with E-state index >= 15 is 0 Å². The molecule has 0 aromatic heterocycles. The average molecular weight is 357 g/mol. The number of ether oxygens (including phenoxy) is 2. The van der Waals surface area contributed by atoms with E-state index in [2.05, 4.69) is 27.2 Å². The quantitative estimate of drug-likeness (QED) is 0.503. The van der Waals surface area contributed by atoms with E-state index in [1.54, 1.807) is 14.2 Å². The first-order valence-electron chi connectivity index (χ1n) is 8.29. The van der Waals surface area contributed by atoms with E-state index in [0.717, 1.165) is 11.3 Å². The summed E-state index contributed by atoms with van der Waals surface area (Å²) in [4.78, 5) is 12.9. The number of benzene rings is 2. The van der Waals surface area contributed by atoms with Crippen LogP contribution in [0.5, 0.6) is 11.5 Å². The first kappa shape index (κ1) is 18.2. The van der Waals surface area contributed by atoms with Crippen LogP contribution in [0.3, 0.4) is 0 Å². The smallest absolute Gasteiger partial charge is 0.230 e. The molecule has 0 bridgehead atoms. The number of carbonyl (C=O) groups is 1. The van der Waals surface area contributed by atoms with Gasteiger partial charge in [-0.05, 0) is 42.3 Å². The Morgan fingerprint density at radius 3 is 2.46 bits per heavy atom. The van der Waals surface area contributed by atoms with Gasteiger partial charge in [0.1, 0.15) is 11.5 Å². The van der Waals surface area contributed by atoms with Gasteiger partial charge in [-0.3, -0.25) is 4.79 Å². The molecule has 1 atom stereocenters. The van der Waals surface area contributed by atoms with E-state index < -0.39 is 5.92 Å². The van der Waals surface area contributed by atoms with E-state index in [1.807, 2.05) is 48.5 Å².